The quantitative estimate of drug-likeness (QED) is 0.491. The standard InChI is InChI=1S/C25H30ClNO6/c1-17(2)24(28)27-12-3-5-21(16-27)33-20-10-11-23(22(15-20)25(29)30)32-14-4-13-31-19-8-6-18(26)7-9-19/h6-11,15,17,21H,3-5,12-14,16H2,1-2H3,(H,29,30)/t21-/m1/s1. The van der Waals surface area contributed by atoms with Gasteiger partial charge in [0.2, 0.25) is 5.91 Å². The van der Waals surface area contributed by atoms with Gasteiger partial charge in [-0.15, -0.1) is 0 Å². The van der Waals surface area contributed by atoms with Gasteiger partial charge < -0.3 is 24.2 Å². The second-order valence-electron chi connectivity index (χ2n) is 8.29. The average molecular weight is 476 g/mol. The van der Waals surface area contributed by atoms with Crippen LogP contribution in [0.2, 0.25) is 5.02 Å². The van der Waals surface area contributed by atoms with E-state index in [1.54, 1.807) is 36.4 Å². The largest absolute Gasteiger partial charge is 0.493 e. The van der Waals surface area contributed by atoms with Crippen LogP contribution in [0.25, 0.3) is 0 Å². The van der Waals surface area contributed by atoms with Gasteiger partial charge in [-0.1, -0.05) is 25.4 Å². The van der Waals surface area contributed by atoms with E-state index in [0.29, 0.717) is 42.7 Å². The summed E-state index contributed by atoms with van der Waals surface area (Å²) in [5.41, 5.74) is 0.0389. The van der Waals surface area contributed by atoms with E-state index in [4.69, 9.17) is 25.8 Å². The number of hydrogen-bond acceptors (Lipinski definition) is 5. The zero-order valence-electron chi connectivity index (χ0n) is 19.0. The number of carboxylic acid groups (broad SMARTS) is 1. The van der Waals surface area contributed by atoms with Gasteiger partial charge in [-0.05, 0) is 55.3 Å². The molecule has 0 saturated carbocycles. The number of halogens is 1. The van der Waals surface area contributed by atoms with Crippen LogP contribution < -0.4 is 14.2 Å². The van der Waals surface area contributed by atoms with Gasteiger partial charge in [0.1, 0.15) is 28.9 Å². The van der Waals surface area contributed by atoms with Crippen molar-refractivity contribution in [2.24, 2.45) is 5.92 Å². The van der Waals surface area contributed by atoms with Gasteiger partial charge in [0.25, 0.3) is 0 Å². The van der Waals surface area contributed by atoms with Crippen LogP contribution in [0.5, 0.6) is 17.2 Å². The number of benzene rings is 2. The Balaban J connectivity index is 1.52. The molecular formula is C25H30ClNO6. The molecule has 0 aliphatic carbocycles. The lowest BCUT2D eigenvalue weighted by molar-refractivity contribution is -0.137. The first kappa shape index (κ1) is 24.7. The Hall–Kier alpha value is -2.93. The van der Waals surface area contributed by atoms with Gasteiger partial charge in [-0.25, -0.2) is 4.79 Å². The lowest BCUT2D eigenvalue weighted by atomic mass is 10.1. The van der Waals surface area contributed by atoms with E-state index in [9.17, 15) is 14.7 Å². The maximum Gasteiger partial charge on any atom is 0.339 e. The molecule has 33 heavy (non-hydrogen) atoms. The van der Waals surface area contributed by atoms with Crippen LogP contribution in [-0.4, -0.2) is 54.3 Å². The second-order valence-corrected chi connectivity index (χ2v) is 8.72. The number of amides is 1. The summed E-state index contributed by atoms with van der Waals surface area (Å²) in [6.07, 6.45) is 2.09. The Morgan fingerprint density at radius 2 is 1.79 bits per heavy atom. The van der Waals surface area contributed by atoms with Crippen LogP contribution in [0.3, 0.4) is 0 Å². The van der Waals surface area contributed by atoms with Crippen molar-refractivity contribution in [2.75, 3.05) is 26.3 Å². The molecule has 0 spiro atoms. The zero-order chi connectivity index (χ0) is 23.8. The van der Waals surface area contributed by atoms with E-state index < -0.39 is 5.97 Å². The van der Waals surface area contributed by atoms with Crippen LogP contribution in [-0.2, 0) is 4.79 Å². The van der Waals surface area contributed by atoms with E-state index >= 15 is 0 Å². The molecule has 0 aromatic heterocycles. The topological polar surface area (TPSA) is 85.3 Å². The third kappa shape index (κ3) is 7.29. The minimum absolute atomic E-state index is 0.0389. The molecule has 0 bridgehead atoms. The summed E-state index contributed by atoms with van der Waals surface area (Å²) in [6, 6.07) is 11.9. The lowest BCUT2D eigenvalue weighted by Gasteiger charge is -2.34. The Bertz CT molecular complexity index is 946. The Morgan fingerprint density at radius 3 is 2.48 bits per heavy atom. The van der Waals surface area contributed by atoms with Crippen LogP contribution in [0.1, 0.15) is 43.5 Å². The number of ether oxygens (including phenoxy) is 3. The predicted molar refractivity (Wildman–Crippen MR) is 126 cm³/mol. The molecule has 1 aliphatic heterocycles. The Kier molecular flexibility index (Phi) is 8.83. The normalized spacial score (nSPS) is 15.9. The number of aromatic carboxylic acids is 1. The first-order valence-corrected chi connectivity index (χ1v) is 11.5. The van der Waals surface area contributed by atoms with Crippen LogP contribution in [0.15, 0.2) is 42.5 Å². The molecule has 7 nitrogen and oxygen atoms in total. The number of likely N-dealkylation sites (tertiary alicyclic amines) is 1. The summed E-state index contributed by atoms with van der Waals surface area (Å²) in [7, 11) is 0. The molecular weight excluding hydrogens is 446 g/mol. The fourth-order valence-electron chi connectivity index (χ4n) is 3.63. The molecule has 1 atom stereocenters. The maximum atomic E-state index is 12.3. The first-order chi connectivity index (χ1) is 15.8. The highest BCUT2D eigenvalue weighted by Gasteiger charge is 2.26. The predicted octanol–water partition coefficient (Wildman–Crippen LogP) is 4.91. The number of carboxylic acids is 1. The highest BCUT2D eigenvalue weighted by Crippen LogP contribution is 2.27. The van der Waals surface area contributed by atoms with E-state index in [1.165, 1.54) is 6.07 Å². The molecule has 1 heterocycles. The molecule has 2 aromatic carbocycles. The Morgan fingerprint density at radius 1 is 1.09 bits per heavy atom. The molecule has 1 N–H and O–H groups in total. The molecule has 1 fully saturated rings. The number of carbonyl (C=O) groups excluding carboxylic acids is 1. The Labute approximate surface area is 199 Å². The third-order valence-electron chi connectivity index (χ3n) is 5.30. The number of piperidine rings is 1. The third-order valence-corrected chi connectivity index (χ3v) is 5.55. The summed E-state index contributed by atoms with van der Waals surface area (Å²) < 4.78 is 17.3. The maximum absolute atomic E-state index is 12.3. The van der Waals surface area contributed by atoms with Gasteiger partial charge in [0.15, 0.2) is 0 Å². The van der Waals surface area contributed by atoms with Gasteiger partial charge in [0.05, 0.1) is 19.8 Å². The van der Waals surface area contributed by atoms with Crippen molar-refractivity contribution >= 4 is 23.5 Å². The summed E-state index contributed by atoms with van der Waals surface area (Å²) in [6.45, 7) is 5.74. The molecule has 1 amide bonds. The minimum Gasteiger partial charge on any atom is -0.493 e. The lowest BCUT2D eigenvalue weighted by Crippen LogP contribution is -2.45. The van der Waals surface area contributed by atoms with Gasteiger partial charge in [0, 0.05) is 23.9 Å². The smallest absolute Gasteiger partial charge is 0.339 e. The van der Waals surface area contributed by atoms with Crippen LogP contribution in [0.4, 0.5) is 0 Å². The van der Waals surface area contributed by atoms with Crippen molar-refractivity contribution in [1.29, 1.82) is 0 Å². The number of carbonyl (C=O) groups is 2. The van der Waals surface area contributed by atoms with Crippen LogP contribution in [0, 0.1) is 5.92 Å². The van der Waals surface area contributed by atoms with E-state index in [1.807, 2.05) is 18.7 Å². The van der Waals surface area contributed by atoms with Crippen molar-refractivity contribution in [2.45, 2.75) is 39.2 Å². The van der Waals surface area contributed by atoms with Crippen molar-refractivity contribution < 1.29 is 28.9 Å². The first-order valence-electron chi connectivity index (χ1n) is 11.2. The van der Waals surface area contributed by atoms with Gasteiger partial charge in [-0.3, -0.25) is 4.79 Å². The van der Waals surface area contributed by atoms with Crippen molar-refractivity contribution in [1.82, 2.24) is 4.90 Å². The molecule has 8 heteroatoms. The van der Waals surface area contributed by atoms with Crippen LogP contribution >= 0.6 is 11.6 Å². The fraction of sp³-hybridized carbons (Fsp3) is 0.440. The van der Waals surface area contributed by atoms with Crippen molar-refractivity contribution in [3.8, 4) is 17.2 Å². The monoisotopic (exact) mass is 475 g/mol. The van der Waals surface area contributed by atoms with Crippen molar-refractivity contribution in [3.05, 3.63) is 53.1 Å². The van der Waals surface area contributed by atoms with Gasteiger partial charge >= 0.3 is 5.97 Å². The summed E-state index contributed by atoms with van der Waals surface area (Å²) in [4.78, 5) is 25.9. The molecule has 2 aromatic rings. The van der Waals surface area contributed by atoms with Crippen molar-refractivity contribution in [3.63, 3.8) is 0 Å². The number of nitrogens with zero attached hydrogens (tertiary/aromatic N) is 1. The van der Waals surface area contributed by atoms with E-state index in [-0.39, 0.29) is 29.2 Å². The van der Waals surface area contributed by atoms with E-state index in [0.717, 1.165) is 19.4 Å². The summed E-state index contributed by atoms with van der Waals surface area (Å²) in [5, 5.41) is 10.3. The summed E-state index contributed by atoms with van der Waals surface area (Å²) >= 11 is 5.85. The molecule has 3 rings (SSSR count). The molecule has 0 radical (unpaired) electrons. The molecule has 0 unspecified atom stereocenters. The highest BCUT2D eigenvalue weighted by atomic mass is 35.5. The molecule has 178 valence electrons. The number of rotatable bonds is 10. The van der Waals surface area contributed by atoms with E-state index in [2.05, 4.69) is 0 Å². The zero-order valence-corrected chi connectivity index (χ0v) is 19.7. The second kappa shape index (κ2) is 11.8. The fourth-order valence-corrected chi connectivity index (χ4v) is 3.76. The minimum atomic E-state index is -1.09. The number of hydrogen-bond donors (Lipinski definition) is 1. The molecule has 1 aliphatic rings. The SMILES string of the molecule is CC(C)C(=O)N1CCC[C@@H](Oc2ccc(OCCCOc3ccc(Cl)cc3)c(C(=O)O)c2)C1. The average Bonchev–Trinajstić information content (AvgIpc) is 2.80. The van der Waals surface area contributed by atoms with Gasteiger partial charge in [-0.2, -0.15) is 0 Å². The molecule has 1 saturated heterocycles. The summed E-state index contributed by atoms with van der Waals surface area (Å²) in [5.74, 6) is 0.404. The highest BCUT2D eigenvalue weighted by molar-refractivity contribution is 6.30.